The van der Waals surface area contributed by atoms with E-state index >= 15 is 0 Å². The number of nitrogens with zero attached hydrogens (tertiary/aromatic N) is 3. The van der Waals surface area contributed by atoms with E-state index in [4.69, 9.17) is 6.42 Å². The van der Waals surface area contributed by atoms with Gasteiger partial charge in [-0.2, -0.15) is 5.26 Å². The molecule has 1 aliphatic rings. The van der Waals surface area contributed by atoms with Crippen molar-refractivity contribution in [1.29, 1.82) is 5.26 Å². The van der Waals surface area contributed by atoms with Gasteiger partial charge in [-0.05, 0) is 31.9 Å². The van der Waals surface area contributed by atoms with Gasteiger partial charge in [0.15, 0.2) is 0 Å². The maximum absolute atomic E-state index is 12.6. The number of amides is 2. The number of terminal acetylenes is 1. The van der Waals surface area contributed by atoms with Crippen LogP contribution in [0.5, 0.6) is 0 Å². The van der Waals surface area contributed by atoms with Crippen LogP contribution in [0.3, 0.4) is 0 Å². The SMILES string of the molecule is C#CCNC(=O)/C(C#N)=C1\SC(CCc2ccccn2)C(=O)N1CC. The summed E-state index contributed by atoms with van der Waals surface area (Å²) in [5.74, 6) is 1.65. The first-order chi connectivity index (χ1) is 12.1. The smallest absolute Gasteiger partial charge is 0.265 e. The van der Waals surface area contributed by atoms with Crippen molar-refractivity contribution in [3.05, 3.63) is 40.7 Å². The highest BCUT2D eigenvalue weighted by Gasteiger charge is 2.38. The molecule has 1 aliphatic heterocycles. The Balaban J connectivity index is 2.18. The Kier molecular flexibility index (Phi) is 6.62. The maximum atomic E-state index is 12.6. The molecule has 1 saturated heterocycles. The number of hydrogen-bond acceptors (Lipinski definition) is 5. The van der Waals surface area contributed by atoms with E-state index in [1.54, 1.807) is 6.20 Å². The van der Waals surface area contributed by atoms with Gasteiger partial charge in [0.05, 0.1) is 11.8 Å². The lowest BCUT2D eigenvalue weighted by Gasteiger charge is -2.15. The lowest BCUT2D eigenvalue weighted by atomic mass is 10.1. The van der Waals surface area contributed by atoms with E-state index in [0.717, 1.165) is 5.69 Å². The second-order valence-corrected chi connectivity index (χ2v) is 6.42. The minimum atomic E-state index is -0.556. The highest BCUT2D eigenvalue weighted by Crippen LogP contribution is 2.39. The highest BCUT2D eigenvalue weighted by atomic mass is 32.2. The van der Waals surface area contributed by atoms with Crippen LogP contribution in [0.2, 0.25) is 0 Å². The largest absolute Gasteiger partial charge is 0.340 e. The summed E-state index contributed by atoms with van der Waals surface area (Å²) < 4.78 is 0. The van der Waals surface area contributed by atoms with Crippen molar-refractivity contribution in [3.8, 4) is 18.4 Å². The van der Waals surface area contributed by atoms with E-state index in [-0.39, 0.29) is 23.3 Å². The molecule has 0 spiro atoms. The van der Waals surface area contributed by atoms with Gasteiger partial charge in [0.1, 0.15) is 16.7 Å². The van der Waals surface area contributed by atoms with Crippen molar-refractivity contribution in [2.75, 3.05) is 13.1 Å². The third kappa shape index (κ3) is 4.40. The third-order valence-electron chi connectivity index (χ3n) is 3.65. The summed E-state index contributed by atoms with van der Waals surface area (Å²) in [7, 11) is 0. The number of carbonyl (C=O) groups is 2. The van der Waals surface area contributed by atoms with Crippen molar-refractivity contribution >= 4 is 23.6 Å². The molecule has 1 fully saturated rings. The molecule has 0 bridgehead atoms. The van der Waals surface area contributed by atoms with Crippen LogP contribution in [0.1, 0.15) is 19.0 Å². The zero-order valence-corrected chi connectivity index (χ0v) is 14.7. The van der Waals surface area contributed by atoms with Gasteiger partial charge in [0.25, 0.3) is 5.91 Å². The Morgan fingerprint density at radius 3 is 2.92 bits per heavy atom. The number of thioether (sulfide) groups is 1. The summed E-state index contributed by atoms with van der Waals surface area (Å²) in [6.45, 7) is 2.24. The van der Waals surface area contributed by atoms with E-state index in [2.05, 4.69) is 16.2 Å². The summed E-state index contributed by atoms with van der Waals surface area (Å²) in [5.41, 5.74) is 0.833. The van der Waals surface area contributed by atoms with E-state index in [9.17, 15) is 14.9 Å². The Morgan fingerprint density at radius 2 is 2.32 bits per heavy atom. The second-order valence-electron chi connectivity index (χ2n) is 5.23. The number of rotatable bonds is 6. The number of hydrogen-bond donors (Lipinski definition) is 1. The lowest BCUT2D eigenvalue weighted by Crippen LogP contribution is -2.31. The van der Waals surface area contributed by atoms with Crippen molar-refractivity contribution in [1.82, 2.24) is 15.2 Å². The number of aromatic nitrogens is 1. The quantitative estimate of drug-likeness (QED) is 0.475. The van der Waals surface area contributed by atoms with Crippen molar-refractivity contribution < 1.29 is 9.59 Å². The molecule has 1 N–H and O–H groups in total. The van der Waals surface area contributed by atoms with E-state index in [0.29, 0.717) is 24.4 Å². The van der Waals surface area contributed by atoms with Crippen LogP contribution in [-0.4, -0.2) is 40.0 Å². The maximum Gasteiger partial charge on any atom is 0.265 e. The molecule has 128 valence electrons. The molecule has 6 nitrogen and oxygen atoms in total. The van der Waals surface area contributed by atoms with Crippen molar-refractivity contribution in [2.24, 2.45) is 0 Å². The van der Waals surface area contributed by atoms with Gasteiger partial charge in [-0.3, -0.25) is 14.6 Å². The summed E-state index contributed by atoms with van der Waals surface area (Å²) >= 11 is 1.26. The van der Waals surface area contributed by atoms with Crippen LogP contribution in [0.15, 0.2) is 35.0 Å². The molecule has 2 heterocycles. The molecule has 0 aromatic carbocycles. The fraction of sp³-hybridized carbons (Fsp3) is 0.333. The van der Waals surface area contributed by atoms with Crippen LogP contribution in [0.4, 0.5) is 0 Å². The molecule has 25 heavy (non-hydrogen) atoms. The molecule has 7 heteroatoms. The van der Waals surface area contributed by atoms with Crippen molar-refractivity contribution in [3.63, 3.8) is 0 Å². The molecule has 1 aromatic heterocycles. The molecule has 1 aromatic rings. The van der Waals surface area contributed by atoms with Crippen LogP contribution in [-0.2, 0) is 16.0 Å². The zero-order chi connectivity index (χ0) is 18.2. The van der Waals surface area contributed by atoms with Gasteiger partial charge in [0.2, 0.25) is 5.91 Å². The predicted octanol–water partition coefficient (Wildman–Crippen LogP) is 1.46. The Morgan fingerprint density at radius 1 is 1.52 bits per heavy atom. The summed E-state index contributed by atoms with van der Waals surface area (Å²) in [5, 5.41) is 11.9. The van der Waals surface area contributed by atoms with Crippen LogP contribution in [0.25, 0.3) is 0 Å². The van der Waals surface area contributed by atoms with Crippen LogP contribution >= 0.6 is 11.8 Å². The summed E-state index contributed by atoms with van der Waals surface area (Å²) in [4.78, 5) is 30.5. The fourth-order valence-corrected chi connectivity index (χ4v) is 3.77. The highest BCUT2D eigenvalue weighted by molar-refractivity contribution is 8.04. The summed E-state index contributed by atoms with van der Waals surface area (Å²) in [6, 6.07) is 7.55. The molecule has 1 unspecified atom stereocenters. The van der Waals surface area contributed by atoms with E-state index in [1.807, 2.05) is 31.2 Å². The number of nitriles is 1. The molecule has 0 saturated carbocycles. The standard InChI is InChI=1S/C18H18N4O2S/c1-3-10-21-16(23)14(12-19)18-22(4-2)17(24)15(25-18)9-8-13-7-5-6-11-20-13/h1,5-7,11,15H,4,8-10H2,2H3,(H,21,23)/b18-14-. The van der Waals surface area contributed by atoms with Gasteiger partial charge in [-0.25, -0.2) is 0 Å². The van der Waals surface area contributed by atoms with Gasteiger partial charge in [-0.1, -0.05) is 23.7 Å². The van der Waals surface area contributed by atoms with Crippen LogP contribution < -0.4 is 5.32 Å². The molecular formula is C18H18N4O2S. The van der Waals surface area contributed by atoms with Gasteiger partial charge in [0, 0.05) is 18.4 Å². The lowest BCUT2D eigenvalue weighted by molar-refractivity contribution is -0.127. The summed E-state index contributed by atoms with van der Waals surface area (Å²) in [6.07, 6.45) is 8.08. The first-order valence-corrected chi connectivity index (χ1v) is 8.74. The monoisotopic (exact) mass is 354 g/mol. The second kappa shape index (κ2) is 8.91. The number of aryl methyl sites for hydroxylation is 1. The molecular weight excluding hydrogens is 336 g/mol. The number of carbonyl (C=O) groups excluding carboxylic acids is 2. The normalized spacial score (nSPS) is 18.4. The number of pyridine rings is 1. The molecule has 1 atom stereocenters. The fourth-order valence-electron chi connectivity index (χ4n) is 2.44. The van der Waals surface area contributed by atoms with E-state index in [1.165, 1.54) is 16.7 Å². The first-order valence-electron chi connectivity index (χ1n) is 7.86. The molecule has 2 amide bonds. The Labute approximate surface area is 151 Å². The zero-order valence-electron chi connectivity index (χ0n) is 13.9. The average Bonchev–Trinajstić information content (AvgIpc) is 2.95. The van der Waals surface area contributed by atoms with Crippen LogP contribution in [0, 0.1) is 23.7 Å². The molecule has 0 radical (unpaired) electrons. The van der Waals surface area contributed by atoms with E-state index < -0.39 is 5.91 Å². The van der Waals surface area contributed by atoms with Gasteiger partial charge < -0.3 is 10.2 Å². The Bertz CT molecular complexity index is 762. The molecule has 0 aliphatic carbocycles. The van der Waals surface area contributed by atoms with Gasteiger partial charge >= 0.3 is 0 Å². The Hall–Kier alpha value is -2.77. The third-order valence-corrected chi connectivity index (χ3v) is 5.02. The minimum absolute atomic E-state index is 0.0329. The topological polar surface area (TPSA) is 86.1 Å². The first kappa shape index (κ1) is 18.6. The average molecular weight is 354 g/mol. The molecule has 2 rings (SSSR count). The number of nitrogens with one attached hydrogen (secondary N) is 1. The van der Waals surface area contributed by atoms with Gasteiger partial charge in [-0.15, -0.1) is 6.42 Å². The van der Waals surface area contributed by atoms with Crippen molar-refractivity contribution in [2.45, 2.75) is 25.0 Å². The predicted molar refractivity (Wildman–Crippen MR) is 95.8 cm³/mol. The minimum Gasteiger partial charge on any atom is -0.340 e.